The summed E-state index contributed by atoms with van der Waals surface area (Å²) in [7, 11) is -0.858. The highest BCUT2D eigenvalue weighted by molar-refractivity contribution is 7.83. The molecule has 0 aromatic heterocycles. The Hall–Kier alpha value is -0.870. The highest BCUT2D eigenvalue weighted by atomic mass is 32.2. The van der Waals surface area contributed by atoms with E-state index in [1.807, 2.05) is 13.0 Å². The summed E-state index contributed by atoms with van der Waals surface area (Å²) in [5.41, 5.74) is 2.25. The van der Waals surface area contributed by atoms with Gasteiger partial charge in [0.25, 0.3) is 0 Å². The van der Waals surface area contributed by atoms with Gasteiger partial charge in [0.05, 0.1) is 12.4 Å². The van der Waals surface area contributed by atoms with Gasteiger partial charge in [0.1, 0.15) is 5.75 Å². The molecule has 0 spiro atoms. The molecular formula is C15H25NO2S. The normalized spacial score (nSPS) is 14.1. The topological polar surface area (TPSA) is 38.3 Å². The summed E-state index contributed by atoms with van der Waals surface area (Å²) in [5.74, 6) is 1.40. The molecule has 1 rings (SSSR count). The lowest BCUT2D eigenvalue weighted by atomic mass is 10.0. The predicted octanol–water partition coefficient (Wildman–Crippen LogP) is 3.02. The molecule has 1 aromatic rings. The number of rotatable bonds is 8. The fourth-order valence-corrected chi connectivity index (χ4v) is 2.64. The monoisotopic (exact) mass is 283 g/mol. The minimum absolute atomic E-state index is 0.305. The summed E-state index contributed by atoms with van der Waals surface area (Å²) in [6, 6.07) is 6.49. The first-order chi connectivity index (χ1) is 9.08. The van der Waals surface area contributed by atoms with E-state index in [1.54, 1.807) is 6.26 Å². The Morgan fingerprint density at radius 1 is 1.37 bits per heavy atom. The van der Waals surface area contributed by atoms with Crippen LogP contribution in [0.2, 0.25) is 0 Å². The molecule has 0 radical (unpaired) electrons. The van der Waals surface area contributed by atoms with Crippen molar-refractivity contribution in [3.05, 3.63) is 29.3 Å². The van der Waals surface area contributed by atoms with Crippen LogP contribution in [0.15, 0.2) is 18.2 Å². The molecule has 1 N–H and O–H groups in total. The van der Waals surface area contributed by atoms with Gasteiger partial charge in [-0.15, -0.1) is 0 Å². The standard InChI is InChI=1S/C15H25NO2S/c1-5-9-16-12(3)13-7-8-15(18-6-2)14(10-13)11-19(4)17/h7-8,10,12,16H,5-6,9,11H2,1-4H3. The van der Waals surface area contributed by atoms with Crippen LogP contribution in [0.4, 0.5) is 0 Å². The van der Waals surface area contributed by atoms with Crippen molar-refractivity contribution in [2.75, 3.05) is 19.4 Å². The van der Waals surface area contributed by atoms with Gasteiger partial charge in [-0.2, -0.15) is 0 Å². The van der Waals surface area contributed by atoms with E-state index in [2.05, 4.69) is 31.3 Å². The van der Waals surface area contributed by atoms with Crippen molar-refractivity contribution in [3.63, 3.8) is 0 Å². The Morgan fingerprint density at radius 2 is 2.11 bits per heavy atom. The van der Waals surface area contributed by atoms with Crippen molar-refractivity contribution < 1.29 is 8.95 Å². The third kappa shape index (κ3) is 5.33. The first-order valence-electron chi connectivity index (χ1n) is 6.87. The van der Waals surface area contributed by atoms with Gasteiger partial charge >= 0.3 is 0 Å². The van der Waals surface area contributed by atoms with Crippen LogP contribution in [-0.4, -0.2) is 23.6 Å². The molecule has 0 saturated heterocycles. The average Bonchev–Trinajstić information content (AvgIpc) is 2.37. The van der Waals surface area contributed by atoms with Crippen LogP contribution < -0.4 is 10.1 Å². The third-order valence-corrected chi connectivity index (χ3v) is 3.66. The first kappa shape index (κ1) is 16.2. The van der Waals surface area contributed by atoms with E-state index in [1.165, 1.54) is 5.56 Å². The third-order valence-electron chi connectivity index (χ3n) is 2.94. The molecule has 19 heavy (non-hydrogen) atoms. The van der Waals surface area contributed by atoms with Crippen molar-refractivity contribution >= 4 is 10.8 Å². The van der Waals surface area contributed by atoms with Gasteiger partial charge in [-0.05, 0) is 44.5 Å². The second-order valence-corrected chi connectivity index (χ2v) is 6.13. The summed E-state index contributed by atoms with van der Waals surface area (Å²) >= 11 is 0. The lowest BCUT2D eigenvalue weighted by Gasteiger charge is -2.17. The van der Waals surface area contributed by atoms with Gasteiger partial charge in [0, 0.05) is 28.7 Å². The molecule has 0 bridgehead atoms. The van der Waals surface area contributed by atoms with Gasteiger partial charge in [0.15, 0.2) is 0 Å². The fourth-order valence-electron chi connectivity index (χ4n) is 1.98. The lowest BCUT2D eigenvalue weighted by Crippen LogP contribution is -2.19. The smallest absolute Gasteiger partial charge is 0.123 e. The van der Waals surface area contributed by atoms with Gasteiger partial charge in [-0.1, -0.05) is 13.0 Å². The number of hydrogen-bond acceptors (Lipinski definition) is 3. The molecule has 2 atom stereocenters. The summed E-state index contributed by atoms with van der Waals surface area (Å²) in [6.07, 6.45) is 2.84. The van der Waals surface area contributed by atoms with Gasteiger partial charge in [0.2, 0.25) is 0 Å². The Kier molecular flexibility index (Phi) is 7.10. The van der Waals surface area contributed by atoms with E-state index in [0.29, 0.717) is 18.4 Å². The molecule has 3 nitrogen and oxygen atoms in total. The summed E-state index contributed by atoms with van der Waals surface area (Å²) < 4.78 is 17.1. The molecule has 4 heteroatoms. The second-order valence-electron chi connectivity index (χ2n) is 4.69. The van der Waals surface area contributed by atoms with Crippen LogP contribution in [-0.2, 0) is 16.6 Å². The zero-order chi connectivity index (χ0) is 14.3. The SMILES string of the molecule is CCCNC(C)c1ccc(OCC)c(CS(C)=O)c1. The van der Waals surface area contributed by atoms with E-state index >= 15 is 0 Å². The van der Waals surface area contributed by atoms with Crippen molar-refractivity contribution in [1.29, 1.82) is 0 Å². The van der Waals surface area contributed by atoms with Gasteiger partial charge < -0.3 is 10.1 Å². The van der Waals surface area contributed by atoms with Crippen LogP contribution in [0.5, 0.6) is 5.75 Å². The molecule has 0 heterocycles. The number of benzene rings is 1. The van der Waals surface area contributed by atoms with E-state index < -0.39 is 10.8 Å². The molecular weight excluding hydrogens is 258 g/mol. The first-order valence-corrected chi connectivity index (χ1v) is 8.60. The molecule has 0 aliphatic heterocycles. The van der Waals surface area contributed by atoms with Gasteiger partial charge in [-0.3, -0.25) is 4.21 Å². The Bertz CT molecular complexity index is 421. The maximum Gasteiger partial charge on any atom is 0.123 e. The summed E-state index contributed by atoms with van der Waals surface area (Å²) in [6.45, 7) is 7.91. The molecule has 0 aliphatic carbocycles. The maximum absolute atomic E-state index is 11.5. The average molecular weight is 283 g/mol. The van der Waals surface area contributed by atoms with Crippen molar-refractivity contribution in [1.82, 2.24) is 5.32 Å². The Balaban J connectivity index is 2.92. The van der Waals surface area contributed by atoms with Crippen molar-refractivity contribution in [3.8, 4) is 5.75 Å². The van der Waals surface area contributed by atoms with E-state index in [4.69, 9.17) is 4.74 Å². The molecule has 108 valence electrons. The maximum atomic E-state index is 11.5. The molecule has 0 aliphatic rings. The summed E-state index contributed by atoms with van der Waals surface area (Å²) in [5, 5.41) is 3.46. The fraction of sp³-hybridized carbons (Fsp3) is 0.600. The van der Waals surface area contributed by atoms with E-state index in [9.17, 15) is 4.21 Å². The van der Waals surface area contributed by atoms with Crippen LogP contribution in [0.25, 0.3) is 0 Å². The van der Waals surface area contributed by atoms with Gasteiger partial charge in [-0.25, -0.2) is 0 Å². The van der Waals surface area contributed by atoms with E-state index in [-0.39, 0.29) is 0 Å². The molecule has 2 unspecified atom stereocenters. The number of hydrogen-bond donors (Lipinski definition) is 1. The number of nitrogens with one attached hydrogen (secondary N) is 1. The van der Waals surface area contributed by atoms with Crippen LogP contribution in [0.3, 0.4) is 0 Å². The highest BCUT2D eigenvalue weighted by Gasteiger charge is 2.10. The van der Waals surface area contributed by atoms with E-state index in [0.717, 1.165) is 24.3 Å². The zero-order valence-electron chi connectivity index (χ0n) is 12.4. The summed E-state index contributed by atoms with van der Waals surface area (Å²) in [4.78, 5) is 0. The Morgan fingerprint density at radius 3 is 2.68 bits per heavy atom. The van der Waals surface area contributed by atoms with Crippen molar-refractivity contribution in [2.45, 2.75) is 39.0 Å². The predicted molar refractivity (Wildman–Crippen MR) is 82.1 cm³/mol. The molecule has 1 aromatic carbocycles. The molecule has 0 fully saturated rings. The van der Waals surface area contributed by atoms with Crippen LogP contribution >= 0.6 is 0 Å². The zero-order valence-corrected chi connectivity index (χ0v) is 13.2. The lowest BCUT2D eigenvalue weighted by molar-refractivity contribution is 0.337. The van der Waals surface area contributed by atoms with Crippen LogP contribution in [0.1, 0.15) is 44.4 Å². The largest absolute Gasteiger partial charge is 0.494 e. The highest BCUT2D eigenvalue weighted by Crippen LogP contribution is 2.24. The Labute approximate surface area is 119 Å². The molecule has 0 amide bonds. The second kappa shape index (κ2) is 8.33. The minimum Gasteiger partial charge on any atom is -0.494 e. The quantitative estimate of drug-likeness (QED) is 0.797. The van der Waals surface area contributed by atoms with Crippen LogP contribution in [0, 0.1) is 0 Å². The number of ether oxygens (including phenoxy) is 1. The minimum atomic E-state index is -0.858. The van der Waals surface area contributed by atoms with Crippen molar-refractivity contribution in [2.24, 2.45) is 0 Å². The molecule has 0 saturated carbocycles.